The number of hydrogen-bond donors (Lipinski definition) is 2. The summed E-state index contributed by atoms with van der Waals surface area (Å²) in [5.41, 5.74) is 0. The van der Waals surface area contributed by atoms with E-state index in [2.05, 4.69) is 26.0 Å². The highest BCUT2D eigenvalue weighted by Gasteiger charge is 2.08. The third-order valence-electron chi connectivity index (χ3n) is 2.54. The molecule has 0 radical (unpaired) electrons. The second kappa shape index (κ2) is 5.71. The Bertz CT molecular complexity index is 736. The lowest BCUT2D eigenvalue weighted by Crippen LogP contribution is -2.12. The van der Waals surface area contributed by atoms with E-state index < -0.39 is 0 Å². The summed E-state index contributed by atoms with van der Waals surface area (Å²) in [6, 6.07) is 8.66. The van der Waals surface area contributed by atoms with Crippen LogP contribution in [-0.2, 0) is 0 Å². The van der Waals surface area contributed by atoms with Crippen LogP contribution in [0.4, 0.5) is 17.5 Å². The van der Waals surface area contributed by atoms with Crippen LogP contribution in [0.3, 0.4) is 0 Å². The molecule has 3 heterocycles. The van der Waals surface area contributed by atoms with Gasteiger partial charge in [-0.3, -0.25) is 4.79 Å². The Morgan fingerprint density at radius 3 is 2.62 bits per heavy atom. The lowest BCUT2D eigenvalue weighted by molar-refractivity contribution is 0.103. The van der Waals surface area contributed by atoms with E-state index >= 15 is 0 Å². The quantitative estimate of drug-likeness (QED) is 0.769. The first-order chi connectivity index (χ1) is 10.2. The van der Waals surface area contributed by atoms with Gasteiger partial charge in [0.15, 0.2) is 17.5 Å². The van der Waals surface area contributed by atoms with Crippen molar-refractivity contribution in [3.63, 3.8) is 0 Å². The number of nitrogens with zero attached hydrogens (tertiary/aromatic N) is 3. The molecule has 0 aliphatic heterocycles. The van der Waals surface area contributed by atoms with Gasteiger partial charge in [0.1, 0.15) is 5.76 Å². The van der Waals surface area contributed by atoms with Gasteiger partial charge in [0.2, 0.25) is 0 Å². The number of amides is 1. The smallest absolute Gasteiger partial charge is 0.266 e. The molecule has 0 saturated heterocycles. The maximum absolute atomic E-state index is 11.8. The fourth-order valence-electron chi connectivity index (χ4n) is 1.61. The molecule has 21 heavy (non-hydrogen) atoms. The van der Waals surface area contributed by atoms with E-state index in [0.717, 1.165) is 0 Å². The third kappa shape index (κ3) is 3.23. The first-order valence-electron chi connectivity index (χ1n) is 6.09. The van der Waals surface area contributed by atoms with Gasteiger partial charge in [0.05, 0.1) is 4.88 Å². The second-order valence-electron chi connectivity index (χ2n) is 4.18. The number of aromatic nitrogens is 3. The monoisotopic (exact) mass is 301 g/mol. The highest BCUT2D eigenvalue weighted by Crippen LogP contribution is 2.15. The number of carbonyl (C=O) groups is 1. The molecule has 0 aliphatic rings. The van der Waals surface area contributed by atoms with Crippen molar-refractivity contribution in [2.75, 3.05) is 10.6 Å². The fraction of sp³-hybridized carbons (Fsp3) is 0.0769. The highest BCUT2D eigenvalue weighted by atomic mass is 32.1. The zero-order valence-corrected chi connectivity index (χ0v) is 11.8. The Balaban J connectivity index is 1.65. The van der Waals surface area contributed by atoms with Gasteiger partial charge in [-0.25, -0.2) is 0 Å². The van der Waals surface area contributed by atoms with Gasteiger partial charge < -0.3 is 15.2 Å². The highest BCUT2D eigenvalue weighted by molar-refractivity contribution is 7.12. The Hall–Kier alpha value is -2.74. The minimum absolute atomic E-state index is 0.202. The van der Waals surface area contributed by atoms with Crippen molar-refractivity contribution in [1.82, 2.24) is 15.4 Å². The molecule has 1 amide bonds. The maximum atomic E-state index is 11.8. The molecule has 0 spiro atoms. The van der Waals surface area contributed by atoms with Crippen molar-refractivity contribution in [3.8, 4) is 0 Å². The van der Waals surface area contributed by atoms with Crippen molar-refractivity contribution in [2.45, 2.75) is 6.92 Å². The van der Waals surface area contributed by atoms with Gasteiger partial charge in [0, 0.05) is 6.07 Å². The predicted octanol–water partition coefficient (Wildman–Crippen LogP) is 2.83. The van der Waals surface area contributed by atoms with E-state index in [0.29, 0.717) is 28.1 Å². The predicted molar refractivity (Wildman–Crippen MR) is 78.8 cm³/mol. The van der Waals surface area contributed by atoms with Gasteiger partial charge in [-0.2, -0.15) is 0 Å². The van der Waals surface area contributed by atoms with Crippen molar-refractivity contribution in [1.29, 1.82) is 0 Å². The van der Waals surface area contributed by atoms with Crippen LogP contribution in [0.1, 0.15) is 15.4 Å². The summed E-state index contributed by atoms with van der Waals surface area (Å²) >= 11 is 1.37. The average molecular weight is 301 g/mol. The Morgan fingerprint density at radius 2 is 2.00 bits per heavy atom. The lowest BCUT2D eigenvalue weighted by Gasteiger charge is -2.03. The Labute approximate surface area is 124 Å². The molecule has 0 unspecified atom stereocenters. The molecule has 3 aromatic rings. The van der Waals surface area contributed by atoms with Crippen LogP contribution in [0.15, 0.2) is 40.2 Å². The van der Waals surface area contributed by atoms with E-state index in [1.807, 2.05) is 11.4 Å². The molecule has 0 bridgehead atoms. The van der Waals surface area contributed by atoms with E-state index in [1.165, 1.54) is 11.3 Å². The molecule has 0 atom stereocenters. The van der Waals surface area contributed by atoms with Crippen LogP contribution in [-0.4, -0.2) is 21.3 Å². The van der Waals surface area contributed by atoms with Gasteiger partial charge in [0.25, 0.3) is 5.91 Å². The number of carbonyl (C=O) groups excluding carboxylic acids is 1. The number of rotatable bonds is 4. The largest absolute Gasteiger partial charge is 0.360 e. The first kappa shape index (κ1) is 13.3. The van der Waals surface area contributed by atoms with E-state index in [9.17, 15) is 4.79 Å². The fourth-order valence-corrected chi connectivity index (χ4v) is 2.23. The number of nitrogens with one attached hydrogen (secondary N) is 2. The van der Waals surface area contributed by atoms with Crippen LogP contribution >= 0.6 is 11.3 Å². The molecule has 0 fully saturated rings. The summed E-state index contributed by atoms with van der Waals surface area (Å²) in [6.07, 6.45) is 0. The van der Waals surface area contributed by atoms with Crippen LogP contribution in [0, 0.1) is 6.92 Å². The van der Waals surface area contributed by atoms with Crippen molar-refractivity contribution < 1.29 is 9.32 Å². The minimum atomic E-state index is -0.202. The lowest BCUT2D eigenvalue weighted by atomic mass is 10.4. The summed E-state index contributed by atoms with van der Waals surface area (Å²) in [5.74, 6) is 1.95. The van der Waals surface area contributed by atoms with Crippen molar-refractivity contribution in [3.05, 3.63) is 46.3 Å². The van der Waals surface area contributed by atoms with Gasteiger partial charge in [-0.05, 0) is 30.5 Å². The standard InChI is InChI=1S/C13H11N5O2S/c1-8-7-12(18-20-8)14-10-4-5-11(17-16-10)15-13(19)9-3-2-6-21-9/h2-7H,1H3,(H,14,16,18)(H,15,17,19). The molecule has 2 N–H and O–H groups in total. The zero-order valence-electron chi connectivity index (χ0n) is 11.0. The van der Waals surface area contributed by atoms with Gasteiger partial charge in [-0.15, -0.1) is 21.5 Å². The number of anilines is 3. The summed E-state index contributed by atoms with van der Waals surface area (Å²) in [6.45, 7) is 1.80. The average Bonchev–Trinajstić information content (AvgIpc) is 3.13. The van der Waals surface area contributed by atoms with Gasteiger partial charge in [-0.1, -0.05) is 11.2 Å². The van der Waals surface area contributed by atoms with Crippen LogP contribution in [0.5, 0.6) is 0 Å². The third-order valence-corrected chi connectivity index (χ3v) is 3.40. The summed E-state index contributed by atoms with van der Waals surface area (Å²) in [7, 11) is 0. The van der Waals surface area contributed by atoms with Crippen LogP contribution < -0.4 is 10.6 Å². The maximum Gasteiger partial charge on any atom is 0.266 e. The van der Waals surface area contributed by atoms with E-state index in [-0.39, 0.29) is 5.91 Å². The summed E-state index contributed by atoms with van der Waals surface area (Å²) in [5, 5.41) is 19.2. The number of thiophene rings is 1. The van der Waals surface area contributed by atoms with E-state index in [1.54, 1.807) is 31.2 Å². The molecule has 3 rings (SSSR count). The Kier molecular flexibility index (Phi) is 3.61. The molecular formula is C13H11N5O2S. The number of aryl methyl sites for hydroxylation is 1. The van der Waals surface area contributed by atoms with Crippen molar-refractivity contribution in [2.24, 2.45) is 0 Å². The normalized spacial score (nSPS) is 10.3. The van der Waals surface area contributed by atoms with Crippen LogP contribution in [0.25, 0.3) is 0 Å². The molecule has 106 valence electrons. The summed E-state index contributed by atoms with van der Waals surface area (Å²) in [4.78, 5) is 12.5. The molecule has 0 aliphatic carbocycles. The first-order valence-corrected chi connectivity index (χ1v) is 6.97. The van der Waals surface area contributed by atoms with Crippen molar-refractivity contribution >= 4 is 34.7 Å². The summed E-state index contributed by atoms with van der Waals surface area (Å²) < 4.78 is 4.94. The molecular weight excluding hydrogens is 290 g/mol. The Morgan fingerprint density at radius 1 is 1.19 bits per heavy atom. The number of hydrogen-bond acceptors (Lipinski definition) is 7. The molecule has 0 saturated carbocycles. The van der Waals surface area contributed by atoms with E-state index in [4.69, 9.17) is 4.52 Å². The molecule has 3 aromatic heterocycles. The molecule has 8 heteroatoms. The second-order valence-corrected chi connectivity index (χ2v) is 5.13. The SMILES string of the molecule is Cc1cc(Nc2ccc(NC(=O)c3cccs3)nn2)no1. The zero-order chi connectivity index (χ0) is 14.7. The minimum Gasteiger partial charge on any atom is -0.360 e. The van der Waals surface area contributed by atoms with Crippen LogP contribution in [0.2, 0.25) is 0 Å². The molecule has 7 nitrogen and oxygen atoms in total. The molecule has 0 aromatic carbocycles. The van der Waals surface area contributed by atoms with Gasteiger partial charge >= 0.3 is 0 Å². The topological polar surface area (TPSA) is 92.9 Å².